The molecule has 0 aromatic heterocycles. The lowest BCUT2D eigenvalue weighted by Gasteiger charge is -2.39. The summed E-state index contributed by atoms with van der Waals surface area (Å²) in [6, 6.07) is 14.2. The molecule has 236 valence electrons. The molecule has 4 atom stereocenters. The van der Waals surface area contributed by atoms with Crippen LogP contribution in [-0.4, -0.2) is 55.4 Å². The van der Waals surface area contributed by atoms with Gasteiger partial charge in [0.25, 0.3) is 0 Å². The van der Waals surface area contributed by atoms with Crippen molar-refractivity contribution in [3.8, 4) is 23.7 Å². The molecule has 45 heavy (non-hydrogen) atoms. The Bertz CT molecular complexity index is 1690. The normalized spacial score (nSPS) is 21.5. The van der Waals surface area contributed by atoms with Gasteiger partial charge in [0, 0.05) is 34.2 Å². The van der Waals surface area contributed by atoms with Gasteiger partial charge >= 0.3 is 5.97 Å². The minimum Gasteiger partial charge on any atom is -0.496 e. The van der Waals surface area contributed by atoms with Gasteiger partial charge in [-0.1, -0.05) is 74.0 Å². The molecule has 1 aliphatic heterocycles. The molecule has 1 heterocycles. The quantitative estimate of drug-likeness (QED) is 0.215. The van der Waals surface area contributed by atoms with E-state index in [0.717, 1.165) is 6.07 Å². The van der Waals surface area contributed by atoms with E-state index < -0.39 is 47.6 Å². The zero-order chi connectivity index (χ0) is 33.1. The number of aliphatic hydroxyl groups is 1. The zero-order valence-corrected chi connectivity index (χ0v) is 27.1. The summed E-state index contributed by atoms with van der Waals surface area (Å²) in [6.45, 7) is 5.55. The van der Waals surface area contributed by atoms with Gasteiger partial charge in [-0.2, -0.15) is 5.26 Å². The van der Waals surface area contributed by atoms with Crippen LogP contribution in [0.15, 0.2) is 54.6 Å². The highest BCUT2D eigenvalue weighted by atomic mass is 35.5. The van der Waals surface area contributed by atoms with Gasteiger partial charge in [0.05, 0.1) is 38.5 Å². The summed E-state index contributed by atoms with van der Waals surface area (Å²) in [4.78, 5) is 14.0. The molecule has 1 saturated heterocycles. The van der Waals surface area contributed by atoms with Gasteiger partial charge < -0.3 is 14.6 Å². The van der Waals surface area contributed by atoms with Crippen LogP contribution >= 0.6 is 23.2 Å². The minimum absolute atomic E-state index is 0.0460. The van der Waals surface area contributed by atoms with E-state index in [2.05, 4.69) is 17.9 Å². The van der Waals surface area contributed by atoms with Crippen molar-refractivity contribution in [3.05, 3.63) is 98.5 Å². The number of rotatable bonds is 7. The van der Waals surface area contributed by atoms with E-state index in [1.54, 1.807) is 24.3 Å². The van der Waals surface area contributed by atoms with Gasteiger partial charge in [-0.3, -0.25) is 4.90 Å². The minimum atomic E-state index is -1.67. The van der Waals surface area contributed by atoms with Crippen molar-refractivity contribution in [2.24, 2.45) is 5.41 Å². The molecule has 0 amide bonds. The molecular formula is C35H34Cl2F2N2O4. The van der Waals surface area contributed by atoms with Gasteiger partial charge in [-0.15, -0.1) is 0 Å². The van der Waals surface area contributed by atoms with Gasteiger partial charge in [-0.05, 0) is 53.8 Å². The number of hydrogen-bond donors (Lipinski definition) is 1. The summed E-state index contributed by atoms with van der Waals surface area (Å²) in [6.07, 6.45) is 0.376. The number of likely N-dealkylation sites (tertiary alicyclic amines) is 1. The van der Waals surface area contributed by atoms with Crippen molar-refractivity contribution in [2.75, 3.05) is 27.4 Å². The number of hydrogen-bond acceptors (Lipinski definition) is 6. The van der Waals surface area contributed by atoms with Crippen LogP contribution in [0, 0.1) is 40.2 Å². The first-order valence-electron chi connectivity index (χ1n) is 14.3. The first kappa shape index (κ1) is 34.2. The van der Waals surface area contributed by atoms with Crippen LogP contribution in [0.1, 0.15) is 60.2 Å². The molecule has 1 N–H and O–H groups in total. The maximum atomic E-state index is 15.9. The highest BCUT2D eigenvalue weighted by molar-refractivity contribution is 6.31. The van der Waals surface area contributed by atoms with Crippen LogP contribution in [0.2, 0.25) is 10.0 Å². The number of aliphatic hydroxyl groups excluding tert-OH is 1. The van der Waals surface area contributed by atoms with Crippen LogP contribution in [0.3, 0.4) is 0 Å². The Hall–Kier alpha value is -3.66. The Labute approximate surface area is 272 Å². The summed E-state index contributed by atoms with van der Waals surface area (Å²) < 4.78 is 41.9. The summed E-state index contributed by atoms with van der Waals surface area (Å²) >= 11 is 12.3. The molecule has 0 radical (unpaired) electrons. The molecule has 0 aliphatic carbocycles. The average Bonchev–Trinajstić information content (AvgIpc) is 3.25. The largest absolute Gasteiger partial charge is 0.496 e. The molecule has 3 aromatic carbocycles. The molecule has 3 aromatic rings. The fourth-order valence-electron chi connectivity index (χ4n) is 6.36. The third kappa shape index (κ3) is 6.66. The number of halogens is 4. The summed E-state index contributed by atoms with van der Waals surface area (Å²) in [7, 11) is 2.70. The van der Waals surface area contributed by atoms with E-state index >= 15 is 8.78 Å². The summed E-state index contributed by atoms with van der Waals surface area (Å²) in [5.41, 5.74) is -1.13. The Balaban J connectivity index is 1.93. The van der Waals surface area contributed by atoms with Gasteiger partial charge in [0.2, 0.25) is 0 Å². The molecule has 0 unspecified atom stereocenters. The van der Waals surface area contributed by atoms with E-state index in [4.69, 9.17) is 32.7 Å². The molecule has 10 heteroatoms. The second-order valence-corrected chi connectivity index (χ2v) is 13.0. The van der Waals surface area contributed by atoms with Crippen molar-refractivity contribution < 1.29 is 28.2 Å². The predicted molar refractivity (Wildman–Crippen MR) is 170 cm³/mol. The SMILES string of the molecule is COC(=O)c1ccc(C#CCN2[C@@H](CC(C)(C)C)[C@](C#N)(c3ccc(Cl)cc3F)[C@@H](c3cccc(Cl)c3F)[C@@H]2CO)cc1OC. The van der Waals surface area contributed by atoms with Crippen LogP contribution in [-0.2, 0) is 10.2 Å². The van der Waals surface area contributed by atoms with Crippen molar-refractivity contribution in [1.29, 1.82) is 5.26 Å². The van der Waals surface area contributed by atoms with E-state index in [1.165, 1.54) is 38.5 Å². The number of methoxy groups -OCH3 is 2. The van der Waals surface area contributed by atoms with Crippen LogP contribution in [0.4, 0.5) is 8.78 Å². The van der Waals surface area contributed by atoms with Crippen LogP contribution in [0.25, 0.3) is 0 Å². The lowest BCUT2D eigenvalue weighted by atomic mass is 9.62. The maximum Gasteiger partial charge on any atom is 0.341 e. The fraction of sp³-hybridized carbons (Fsp3) is 0.371. The van der Waals surface area contributed by atoms with Crippen molar-refractivity contribution in [1.82, 2.24) is 4.90 Å². The first-order valence-corrected chi connectivity index (χ1v) is 15.0. The fourth-order valence-corrected chi connectivity index (χ4v) is 6.70. The number of carbonyl (C=O) groups is 1. The highest BCUT2D eigenvalue weighted by Gasteiger charge is 2.62. The van der Waals surface area contributed by atoms with Gasteiger partial charge in [0.15, 0.2) is 0 Å². The monoisotopic (exact) mass is 654 g/mol. The molecule has 1 fully saturated rings. The molecule has 0 spiro atoms. The Morgan fingerprint density at radius 1 is 1.11 bits per heavy atom. The molecule has 0 saturated carbocycles. The van der Waals surface area contributed by atoms with E-state index in [0.29, 0.717) is 12.0 Å². The second-order valence-electron chi connectivity index (χ2n) is 12.1. The Morgan fingerprint density at radius 3 is 2.44 bits per heavy atom. The van der Waals surface area contributed by atoms with Crippen molar-refractivity contribution in [3.63, 3.8) is 0 Å². The average molecular weight is 656 g/mol. The van der Waals surface area contributed by atoms with Crippen molar-refractivity contribution in [2.45, 2.75) is 50.6 Å². The molecule has 1 aliphatic rings. The van der Waals surface area contributed by atoms with Gasteiger partial charge in [-0.25, -0.2) is 13.6 Å². The number of nitrogens with zero attached hydrogens (tertiary/aromatic N) is 2. The third-order valence-corrected chi connectivity index (χ3v) is 8.73. The maximum absolute atomic E-state index is 15.9. The number of benzene rings is 3. The lowest BCUT2D eigenvalue weighted by molar-refractivity contribution is 0.0597. The third-order valence-electron chi connectivity index (χ3n) is 8.20. The van der Waals surface area contributed by atoms with E-state index in [-0.39, 0.29) is 44.4 Å². The number of nitriles is 1. The predicted octanol–water partition coefficient (Wildman–Crippen LogP) is 7.14. The molecule has 4 rings (SSSR count). The highest BCUT2D eigenvalue weighted by Crippen LogP contribution is 2.56. The molecule has 0 bridgehead atoms. The standard InChI is InChI=1S/C35H34Cl2F2N2O4/c1-34(2,3)18-30-35(20-40,25-14-12-22(36)17-27(25)38)31(24-9-6-10-26(37)32(24)39)28(19-42)41(30)15-7-8-21-11-13-23(33(43)45-5)29(16-21)44-4/h6,9-14,16-17,28,30-31,42H,15,18-19H2,1-5H3/t28-,30-,31-,35-/m0/s1. The Kier molecular flexibility index (Phi) is 10.5. The second kappa shape index (κ2) is 13.8. The van der Waals surface area contributed by atoms with E-state index in [1.807, 2.05) is 25.7 Å². The topological polar surface area (TPSA) is 82.8 Å². The Morgan fingerprint density at radius 2 is 1.84 bits per heavy atom. The number of ether oxygens (including phenoxy) is 2. The summed E-state index contributed by atoms with van der Waals surface area (Å²) in [5, 5.41) is 22.0. The van der Waals surface area contributed by atoms with E-state index in [9.17, 15) is 15.2 Å². The molecule has 6 nitrogen and oxygen atoms in total. The summed E-state index contributed by atoms with van der Waals surface area (Å²) in [5.74, 6) is 3.43. The van der Waals surface area contributed by atoms with Gasteiger partial charge in [0.1, 0.15) is 28.4 Å². The molecular weight excluding hydrogens is 621 g/mol. The number of esters is 1. The van der Waals surface area contributed by atoms with Crippen LogP contribution in [0.5, 0.6) is 5.75 Å². The lowest BCUT2D eigenvalue weighted by Crippen LogP contribution is -2.46. The first-order chi connectivity index (χ1) is 21.3. The smallest absolute Gasteiger partial charge is 0.341 e. The van der Waals surface area contributed by atoms with Crippen LogP contribution < -0.4 is 4.74 Å². The van der Waals surface area contributed by atoms with Crippen molar-refractivity contribution >= 4 is 29.2 Å². The number of carbonyl (C=O) groups excluding carboxylic acids is 1. The zero-order valence-electron chi connectivity index (χ0n) is 25.6.